The summed E-state index contributed by atoms with van der Waals surface area (Å²) in [4.78, 5) is 0. The maximum Gasteiger partial charge on any atom is 0.216 e. The predicted molar refractivity (Wildman–Crippen MR) is 119 cm³/mol. The Morgan fingerprint density at radius 3 is 1.59 bits per heavy atom. The van der Waals surface area contributed by atoms with Crippen molar-refractivity contribution >= 4 is 0 Å². The van der Waals surface area contributed by atoms with Gasteiger partial charge in [-0.25, -0.2) is 0 Å². The predicted octanol–water partition coefficient (Wildman–Crippen LogP) is 5.71. The normalized spacial score (nSPS) is 13.8. The lowest BCUT2D eigenvalue weighted by molar-refractivity contribution is -0.650. The SMILES string of the molecule is C[n+]1c2c(c(-c3ccccc3)c3c1-c1ccccc1CC3)CCc1ccccc1-2. The number of hydrogen-bond donors (Lipinski definition) is 0. The Labute approximate surface area is 172 Å². The molecular weight excluding hydrogens is 350 g/mol. The van der Waals surface area contributed by atoms with Gasteiger partial charge in [0.25, 0.3) is 0 Å². The summed E-state index contributed by atoms with van der Waals surface area (Å²) in [6.45, 7) is 0. The van der Waals surface area contributed by atoms with E-state index in [-0.39, 0.29) is 0 Å². The highest BCUT2D eigenvalue weighted by molar-refractivity contribution is 5.85. The summed E-state index contributed by atoms with van der Waals surface area (Å²) < 4.78 is 2.49. The minimum Gasteiger partial charge on any atom is -0.194 e. The Morgan fingerprint density at radius 2 is 1.03 bits per heavy atom. The molecule has 0 bridgehead atoms. The first-order valence-corrected chi connectivity index (χ1v) is 10.6. The summed E-state index contributed by atoms with van der Waals surface area (Å²) in [5.41, 5.74) is 14.4. The van der Waals surface area contributed by atoms with Gasteiger partial charge in [-0.1, -0.05) is 66.7 Å². The van der Waals surface area contributed by atoms with E-state index in [2.05, 4.69) is 90.5 Å². The summed E-state index contributed by atoms with van der Waals surface area (Å²) in [6.07, 6.45) is 4.47. The molecule has 0 saturated carbocycles. The monoisotopic (exact) mass is 374 g/mol. The van der Waals surface area contributed by atoms with Gasteiger partial charge in [0, 0.05) is 27.8 Å². The molecule has 0 amide bonds. The second kappa shape index (κ2) is 6.42. The summed E-state index contributed by atoms with van der Waals surface area (Å²) in [5, 5.41) is 0. The van der Waals surface area contributed by atoms with Gasteiger partial charge in [-0.2, -0.15) is 4.57 Å². The molecule has 4 aromatic rings. The van der Waals surface area contributed by atoms with Gasteiger partial charge in [-0.3, -0.25) is 0 Å². The van der Waals surface area contributed by atoms with Crippen LogP contribution in [0.3, 0.4) is 0 Å². The van der Waals surface area contributed by atoms with Crippen molar-refractivity contribution in [2.24, 2.45) is 7.05 Å². The van der Waals surface area contributed by atoms with Crippen LogP contribution in [-0.2, 0) is 32.7 Å². The van der Waals surface area contributed by atoms with Crippen molar-refractivity contribution in [1.82, 2.24) is 0 Å². The number of hydrogen-bond acceptors (Lipinski definition) is 0. The molecule has 2 aliphatic rings. The summed E-state index contributed by atoms with van der Waals surface area (Å²) in [5.74, 6) is 0. The minimum absolute atomic E-state index is 1.11. The highest BCUT2D eigenvalue weighted by Gasteiger charge is 2.35. The molecule has 1 heteroatoms. The largest absolute Gasteiger partial charge is 0.216 e. The van der Waals surface area contributed by atoms with E-state index in [1.54, 1.807) is 0 Å². The topological polar surface area (TPSA) is 3.88 Å². The fourth-order valence-electron chi connectivity index (χ4n) is 5.52. The Morgan fingerprint density at radius 1 is 0.552 bits per heavy atom. The van der Waals surface area contributed by atoms with Crippen LogP contribution in [-0.4, -0.2) is 0 Å². The summed E-state index contributed by atoms with van der Waals surface area (Å²) in [7, 11) is 2.27. The van der Waals surface area contributed by atoms with Gasteiger partial charge in [0.15, 0.2) is 0 Å². The molecule has 6 rings (SSSR count). The molecule has 1 aromatic heterocycles. The van der Waals surface area contributed by atoms with Crippen molar-refractivity contribution in [2.45, 2.75) is 25.7 Å². The average molecular weight is 375 g/mol. The van der Waals surface area contributed by atoms with Crippen LogP contribution in [0.1, 0.15) is 22.3 Å². The van der Waals surface area contributed by atoms with Crippen LogP contribution >= 0.6 is 0 Å². The van der Waals surface area contributed by atoms with E-state index in [1.165, 1.54) is 55.9 Å². The first kappa shape index (κ1) is 16.7. The van der Waals surface area contributed by atoms with Crippen LogP contribution in [0.15, 0.2) is 78.9 Å². The van der Waals surface area contributed by atoms with Gasteiger partial charge in [-0.15, -0.1) is 0 Å². The van der Waals surface area contributed by atoms with Gasteiger partial charge in [0.1, 0.15) is 7.05 Å². The smallest absolute Gasteiger partial charge is 0.194 e. The van der Waals surface area contributed by atoms with Crippen LogP contribution in [0.2, 0.25) is 0 Å². The van der Waals surface area contributed by atoms with Gasteiger partial charge < -0.3 is 0 Å². The molecule has 0 atom stereocenters. The standard InChI is InChI=1S/C28H24N/c1-29-27-22-13-7-5-9-19(22)15-17-24(27)26(21-11-3-2-4-12-21)25-18-16-20-10-6-8-14-23(20)28(25)29/h2-14H,15-18H2,1H3/q+1. The molecule has 29 heavy (non-hydrogen) atoms. The van der Waals surface area contributed by atoms with Crippen LogP contribution in [0, 0.1) is 0 Å². The molecule has 0 unspecified atom stereocenters. The van der Waals surface area contributed by atoms with Crippen LogP contribution in [0.25, 0.3) is 33.6 Å². The number of pyridine rings is 1. The number of aryl methyl sites for hydroxylation is 2. The fraction of sp³-hybridized carbons (Fsp3) is 0.179. The van der Waals surface area contributed by atoms with Crippen molar-refractivity contribution in [3.8, 4) is 33.6 Å². The fourth-order valence-corrected chi connectivity index (χ4v) is 5.52. The van der Waals surface area contributed by atoms with E-state index in [1.807, 2.05) is 0 Å². The molecule has 2 aliphatic carbocycles. The molecule has 0 fully saturated rings. The lowest BCUT2D eigenvalue weighted by Gasteiger charge is -2.27. The van der Waals surface area contributed by atoms with Gasteiger partial charge in [0.2, 0.25) is 11.4 Å². The van der Waals surface area contributed by atoms with Crippen LogP contribution in [0.5, 0.6) is 0 Å². The molecule has 0 aliphatic heterocycles. The first-order valence-electron chi connectivity index (χ1n) is 10.6. The minimum atomic E-state index is 1.11. The molecule has 140 valence electrons. The third-order valence-corrected chi connectivity index (χ3v) is 6.74. The molecule has 0 saturated heterocycles. The van der Waals surface area contributed by atoms with Crippen molar-refractivity contribution in [1.29, 1.82) is 0 Å². The van der Waals surface area contributed by atoms with E-state index < -0.39 is 0 Å². The van der Waals surface area contributed by atoms with E-state index >= 15 is 0 Å². The number of rotatable bonds is 1. The zero-order valence-electron chi connectivity index (χ0n) is 16.8. The molecule has 0 spiro atoms. The average Bonchev–Trinajstić information content (AvgIpc) is 2.79. The van der Waals surface area contributed by atoms with Crippen LogP contribution in [0.4, 0.5) is 0 Å². The highest BCUT2D eigenvalue weighted by atomic mass is 15.0. The third-order valence-electron chi connectivity index (χ3n) is 6.74. The number of nitrogens with zero attached hydrogens (tertiary/aromatic N) is 1. The lowest BCUT2D eigenvalue weighted by atomic mass is 9.78. The third kappa shape index (κ3) is 2.43. The highest BCUT2D eigenvalue weighted by Crippen LogP contribution is 2.44. The summed E-state index contributed by atoms with van der Waals surface area (Å²) >= 11 is 0. The Kier molecular flexibility index (Phi) is 3.70. The van der Waals surface area contributed by atoms with E-state index in [0.717, 1.165) is 25.7 Å². The molecular formula is C28H24N+. The molecule has 0 N–H and O–H groups in total. The van der Waals surface area contributed by atoms with E-state index in [4.69, 9.17) is 0 Å². The van der Waals surface area contributed by atoms with Gasteiger partial charge >= 0.3 is 0 Å². The number of fused-ring (bicyclic) bond motifs is 6. The first-order chi connectivity index (χ1) is 14.3. The Hall–Kier alpha value is -3.19. The van der Waals surface area contributed by atoms with Crippen molar-refractivity contribution in [2.75, 3.05) is 0 Å². The maximum absolute atomic E-state index is 2.49. The molecule has 0 radical (unpaired) electrons. The molecule has 1 nitrogen and oxygen atoms in total. The number of aromatic nitrogens is 1. The van der Waals surface area contributed by atoms with Gasteiger partial charge in [-0.05, 0) is 54.5 Å². The van der Waals surface area contributed by atoms with Crippen molar-refractivity contribution in [3.63, 3.8) is 0 Å². The maximum atomic E-state index is 2.49. The second-order valence-corrected chi connectivity index (χ2v) is 8.27. The van der Waals surface area contributed by atoms with E-state index in [9.17, 15) is 0 Å². The lowest BCUT2D eigenvalue weighted by Crippen LogP contribution is -2.39. The molecule has 1 heterocycles. The Balaban J connectivity index is 1.77. The second-order valence-electron chi connectivity index (χ2n) is 8.27. The zero-order chi connectivity index (χ0) is 19.4. The quantitative estimate of drug-likeness (QED) is 0.376. The summed E-state index contributed by atoms with van der Waals surface area (Å²) in [6, 6.07) is 29.0. The Bertz CT molecular complexity index is 1170. The van der Waals surface area contributed by atoms with Crippen molar-refractivity contribution < 1.29 is 4.57 Å². The van der Waals surface area contributed by atoms with Crippen molar-refractivity contribution in [3.05, 3.63) is 101 Å². The van der Waals surface area contributed by atoms with Gasteiger partial charge in [0.05, 0.1) is 0 Å². The van der Waals surface area contributed by atoms with E-state index in [0.29, 0.717) is 0 Å². The zero-order valence-corrected chi connectivity index (χ0v) is 16.8. The molecule has 3 aromatic carbocycles. The number of benzene rings is 3. The van der Waals surface area contributed by atoms with Crippen LogP contribution < -0.4 is 4.57 Å².